The highest BCUT2D eigenvalue weighted by Crippen LogP contribution is 2.27. The summed E-state index contributed by atoms with van der Waals surface area (Å²) >= 11 is 9.68. The van der Waals surface area contributed by atoms with Crippen molar-refractivity contribution in [1.29, 1.82) is 0 Å². The Morgan fingerprint density at radius 3 is 2.72 bits per heavy atom. The minimum absolute atomic E-state index is 0.319. The van der Waals surface area contributed by atoms with E-state index in [4.69, 9.17) is 11.6 Å². The van der Waals surface area contributed by atoms with E-state index >= 15 is 0 Å². The van der Waals surface area contributed by atoms with Gasteiger partial charge in [-0.15, -0.1) is 0 Å². The Morgan fingerprint density at radius 2 is 2.11 bits per heavy atom. The normalized spacial score (nSPS) is 11.0. The summed E-state index contributed by atoms with van der Waals surface area (Å²) in [5.41, 5.74) is 1.88. The smallest absolute Gasteiger partial charge is 0.207 e. The summed E-state index contributed by atoms with van der Waals surface area (Å²) in [5.74, 6) is 0.812. The Labute approximate surface area is 120 Å². The van der Waals surface area contributed by atoms with Crippen molar-refractivity contribution in [2.45, 2.75) is 26.8 Å². The molecule has 1 N–H and O–H groups in total. The van der Waals surface area contributed by atoms with Crippen molar-refractivity contribution >= 4 is 33.5 Å². The van der Waals surface area contributed by atoms with Gasteiger partial charge in [0.15, 0.2) is 0 Å². The van der Waals surface area contributed by atoms with Crippen LogP contribution in [0.5, 0.6) is 0 Å². The van der Waals surface area contributed by atoms with Gasteiger partial charge in [-0.25, -0.2) is 4.98 Å². The third kappa shape index (κ3) is 2.87. The van der Waals surface area contributed by atoms with Crippen LogP contribution in [0.2, 0.25) is 5.02 Å². The van der Waals surface area contributed by atoms with Crippen LogP contribution in [0.3, 0.4) is 0 Å². The zero-order chi connectivity index (χ0) is 13.3. The molecule has 1 heterocycles. The fraction of sp³-hybridized carbons (Fsp3) is 0.308. The molecule has 0 saturated heterocycles. The molecule has 1 aromatic carbocycles. The summed E-state index contributed by atoms with van der Waals surface area (Å²) in [6.07, 6.45) is 1.97. The van der Waals surface area contributed by atoms with E-state index in [9.17, 15) is 0 Å². The first-order valence-electron chi connectivity index (χ1n) is 5.75. The van der Waals surface area contributed by atoms with Crippen LogP contribution in [0.25, 0.3) is 5.69 Å². The number of nitrogens with one attached hydrogen (secondary N) is 1. The van der Waals surface area contributed by atoms with Gasteiger partial charge in [0.2, 0.25) is 5.95 Å². The van der Waals surface area contributed by atoms with Gasteiger partial charge in [0.25, 0.3) is 0 Å². The van der Waals surface area contributed by atoms with Gasteiger partial charge in [0, 0.05) is 16.7 Å². The Hall–Kier alpha value is -1.00. The van der Waals surface area contributed by atoms with Crippen molar-refractivity contribution in [2.24, 2.45) is 0 Å². The van der Waals surface area contributed by atoms with Crippen molar-refractivity contribution in [3.05, 3.63) is 39.6 Å². The highest BCUT2D eigenvalue weighted by Gasteiger charge is 2.11. The number of hydrogen-bond acceptors (Lipinski definition) is 2. The molecule has 0 aliphatic rings. The summed E-state index contributed by atoms with van der Waals surface area (Å²) in [5, 5.41) is 4.00. The van der Waals surface area contributed by atoms with Crippen molar-refractivity contribution in [1.82, 2.24) is 9.55 Å². The van der Waals surface area contributed by atoms with E-state index in [1.807, 2.05) is 35.9 Å². The fourth-order valence-electron chi connectivity index (χ4n) is 1.72. The number of halogens is 2. The number of nitrogens with zero attached hydrogens (tertiary/aromatic N) is 2. The molecule has 3 nitrogen and oxygen atoms in total. The van der Waals surface area contributed by atoms with E-state index in [0.29, 0.717) is 11.1 Å². The number of benzene rings is 1. The van der Waals surface area contributed by atoms with Crippen LogP contribution < -0.4 is 5.32 Å². The second-order valence-corrected chi connectivity index (χ2v) is 5.79. The summed E-state index contributed by atoms with van der Waals surface area (Å²) in [6, 6.07) is 6.14. The third-order valence-corrected chi connectivity index (χ3v) is 3.21. The Morgan fingerprint density at radius 1 is 1.39 bits per heavy atom. The van der Waals surface area contributed by atoms with Gasteiger partial charge >= 0.3 is 0 Å². The maximum Gasteiger partial charge on any atom is 0.207 e. The Balaban J connectivity index is 2.49. The molecule has 0 spiro atoms. The lowest BCUT2D eigenvalue weighted by Crippen LogP contribution is -2.14. The second-order valence-electron chi connectivity index (χ2n) is 4.47. The molecule has 0 bridgehead atoms. The van der Waals surface area contributed by atoms with Crippen molar-refractivity contribution in [3.8, 4) is 5.69 Å². The Bertz CT molecular complexity index is 563. The molecule has 96 valence electrons. The summed E-state index contributed by atoms with van der Waals surface area (Å²) < 4.78 is 2.94. The van der Waals surface area contributed by atoms with E-state index in [1.165, 1.54) is 0 Å². The largest absolute Gasteiger partial charge is 0.353 e. The predicted molar refractivity (Wildman–Crippen MR) is 79.8 cm³/mol. The van der Waals surface area contributed by atoms with Crippen LogP contribution in [0.4, 0.5) is 5.95 Å². The number of rotatable bonds is 3. The quantitative estimate of drug-likeness (QED) is 0.904. The lowest BCUT2D eigenvalue weighted by Gasteiger charge is -2.13. The molecular formula is C13H15BrClN3. The lowest BCUT2D eigenvalue weighted by atomic mass is 10.3. The predicted octanol–water partition coefficient (Wildman–Crippen LogP) is 4.42. The average molecular weight is 329 g/mol. The molecule has 0 atom stereocenters. The standard InChI is InChI=1S/C13H15BrClN3/c1-8(2)16-13-17-9(3)7-18(13)12-5-4-10(14)6-11(12)15/h4-8H,1-3H3,(H,16,17). The van der Waals surface area contributed by atoms with E-state index in [1.54, 1.807) is 0 Å². The van der Waals surface area contributed by atoms with Crippen LogP contribution in [-0.2, 0) is 0 Å². The first-order valence-corrected chi connectivity index (χ1v) is 6.92. The monoisotopic (exact) mass is 327 g/mol. The highest BCUT2D eigenvalue weighted by atomic mass is 79.9. The maximum absolute atomic E-state index is 6.28. The van der Waals surface area contributed by atoms with Gasteiger partial charge < -0.3 is 5.32 Å². The van der Waals surface area contributed by atoms with Gasteiger partial charge in [-0.2, -0.15) is 0 Å². The van der Waals surface area contributed by atoms with Crippen LogP contribution in [0, 0.1) is 6.92 Å². The van der Waals surface area contributed by atoms with Crippen LogP contribution in [-0.4, -0.2) is 15.6 Å². The Kier molecular flexibility index (Phi) is 3.97. The van der Waals surface area contributed by atoms with E-state index in [0.717, 1.165) is 21.8 Å². The first-order chi connectivity index (χ1) is 8.47. The minimum atomic E-state index is 0.319. The van der Waals surface area contributed by atoms with E-state index < -0.39 is 0 Å². The minimum Gasteiger partial charge on any atom is -0.353 e. The molecule has 0 fully saturated rings. The van der Waals surface area contributed by atoms with Crippen LogP contribution >= 0.6 is 27.5 Å². The zero-order valence-electron chi connectivity index (χ0n) is 10.5. The van der Waals surface area contributed by atoms with Gasteiger partial charge in [-0.1, -0.05) is 27.5 Å². The number of aromatic nitrogens is 2. The topological polar surface area (TPSA) is 29.9 Å². The van der Waals surface area contributed by atoms with Gasteiger partial charge in [0.05, 0.1) is 16.4 Å². The average Bonchev–Trinajstić information content (AvgIpc) is 2.58. The van der Waals surface area contributed by atoms with Gasteiger partial charge in [-0.3, -0.25) is 4.57 Å². The van der Waals surface area contributed by atoms with E-state index in [2.05, 4.69) is 40.1 Å². The molecule has 5 heteroatoms. The summed E-state index contributed by atoms with van der Waals surface area (Å²) in [7, 11) is 0. The first kappa shape index (κ1) is 13.4. The molecule has 0 unspecified atom stereocenters. The molecule has 2 rings (SSSR count). The molecule has 0 aliphatic heterocycles. The molecular weight excluding hydrogens is 314 g/mol. The zero-order valence-corrected chi connectivity index (χ0v) is 12.9. The maximum atomic E-state index is 6.28. The summed E-state index contributed by atoms with van der Waals surface area (Å²) in [4.78, 5) is 4.47. The van der Waals surface area contributed by atoms with Crippen molar-refractivity contribution in [2.75, 3.05) is 5.32 Å². The molecule has 18 heavy (non-hydrogen) atoms. The molecule has 1 aromatic heterocycles. The second kappa shape index (κ2) is 5.33. The molecule has 0 radical (unpaired) electrons. The third-order valence-electron chi connectivity index (χ3n) is 2.41. The summed E-state index contributed by atoms with van der Waals surface area (Å²) in [6.45, 7) is 6.13. The number of hydrogen-bond donors (Lipinski definition) is 1. The number of anilines is 1. The van der Waals surface area contributed by atoms with Crippen LogP contribution in [0.15, 0.2) is 28.9 Å². The number of imidazole rings is 1. The molecule has 0 aliphatic carbocycles. The van der Waals surface area contributed by atoms with Crippen molar-refractivity contribution in [3.63, 3.8) is 0 Å². The fourth-order valence-corrected chi connectivity index (χ4v) is 2.48. The van der Waals surface area contributed by atoms with Gasteiger partial charge in [0.1, 0.15) is 0 Å². The molecule has 0 saturated carbocycles. The van der Waals surface area contributed by atoms with Gasteiger partial charge in [-0.05, 0) is 39.0 Å². The highest BCUT2D eigenvalue weighted by molar-refractivity contribution is 9.10. The SMILES string of the molecule is Cc1cn(-c2ccc(Br)cc2Cl)c(NC(C)C)n1. The van der Waals surface area contributed by atoms with E-state index in [-0.39, 0.29) is 0 Å². The van der Waals surface area contributed by atoms with Crippen molar-refractivity contribution < 1.29 is 0 Å². The lowest BCUT2D eigenvalue weighted by molar-refractivity contribution is 0.864. The number of aryl methyl sites for hydroxylation is 1. The van der Waals surface area contributed by atoms with Crippen LogP contribution in [0.1, 0.15) is 19.5 Å². The molecule has 0 amide bonds. The molecule has 2 aromatic rings.